The number of nitrogens with one attached hydrogen (secondary N) is 2. The Balaban J connectivity index is 1.54. The second-order valence-corrected chi connectivity index (χ2v) is 6.55. The van der Waals surface area contributed by atoms with Gasteiger partial charge in [-0.15, -0.1) is 0 Å². The van der Waals surface area contributed by atoms with Crippen LogP contribution in [0.25, 0.3) is 16.8 Å². The van der Waals surface area contributed by atoms with Crippen LogP contribution in [0.4, 0.5) is 0 Å². The van der Waals surface area contributed by atoms with Gasteiger partial charge in [0.05, 0.1) is 11.9 Å². The van der Waals surface area contributed by atoms with Crippen LogP contribution in [0.2, 0.25) is 0 Å². The van der Waals surface area contributed by atoms with Crippen molar-refractivity contribution >= 4 is 5.91 Å². The molecule has 1 fully saturated rings. The zero-order valence-electron chi connectivity index (χ0n) is 14.9. The highest BCUT2D eigenvalue weighted by molar-refractivity contribution is 5.94. The largest absolute Gasteiger partial charge is 0.357 e. The Morgan fingerprint density at radius 3 is 2.88 bits per heavy atom. The van der Waals surface area contributed by atoms with E-state index < -0.39 is 0 Å². The first-order valence-electron chi connectivity index (χ1n) is 9.07. The first-order chi connectivity index (χ1) is 12.8. The van der Waals surface area contributed by atoms with Crippen LogP contribution in [0, 0.1) is 0 Å². The maximum atomic E-state index is 12.9. The maximum absolute atomic E-state index is 12.9. The molecule has 3 heterocycles. The second kappa shape index (κ2) is 7.17. The lowest BCUT2D eigenvalue weighted by Gasteiger charge is -2.26. The molecule has 6 heteroatoms. The number of benzene rings is 1. The quantitative estimate of drug-likeness (QED) is 0.744. The third-order valence-electron chi connectivity index (χ3n) is 4.93. The average Bonchev–Trinajstić information content (AvgIpc) is 3.43. The summed E-state index contributed by atoms with van der Waals surface area (Å²) in [6.45, 7) is 4.59. The first-order valence-corrected chi connectivity index (χ1v) is 9.07. The fourth-order valence-electron chi connectivity index (χ4n) is 3.51. The van der Waals surface area contributed by atoms with E-state index in [1.54, 1.807) is 0 Å². The van der Waals surface area contributed by atoms with E-state index in [0.717, 1.165) is 36.3 Å². The Morgan fingerprint density at radius 2 is 2.15 bits per heavy atom. The molecule has 1 saturated heterocycles. The molecule has 1 aliphatic rings. The summed E-state index contributed by atoms with van der Waals surface area (Å²) in [5.74, 6) is 0.0582. The van der Waals surface area contributed by atoms with Crippen LogP contribution in [-0.2, 0) is 0 Å². The third-order valence-corrected chi connectivity index (χ3v) is 4.93. The number of rotatable bonds is 5. The molecule has 3 aromatic rings. The van der Waals surface area contributed by atoms with Crippen LogP contribution in [0.3, 0.4) is 0 Å². The van der Waals surface area contributed by atoms with Crippen LogP contribution < -0.4 is 5.32 Å². The normalized spacial score (nSPS) is 16.7. The Hall–Kier alpha value is -2.86. The topological polar surface area (TPSA) is 66.0 Å². The molecule has 1 amide bonds. The molecule has 0 spiro atoms. The van der Waals surface area contributed by atoms with Crippen molar-refractivity contribution in [3.8, 4) is 16.8 Å². The van der Waals surface area contributed by atoms with Crippen molar-refractivity contribution < 1.29 is 4.79 Å². The summed E-state index contributed by atoms with van der Waals surface area (Å²) >= 11 is 0. The molecule has 1 aromatic carbocycles. The van der Waals surface area contributed by atoms with E-state index in [1.807, 2.05) is 71.5 Å². The van der Waals surface area contributed by atoms with Gasteiger partial charge >= 0.3 is 0 Å². The molecule has 0 unspecified atom stereocenters. The van der Waals surface area contributed by atoms with E-state index in [1.165, 1.54) is 0 Å². The van der Waals surface area contributed by atoms with Crippen molar-refractivity contribution in [3.63, 3.8) is 0 Å². The number of amides is 1. The number of para-hydroxylation sites is 1. The van der Waals surface area contributed by atoms with E-state index in [9.17, 15) is 4.79 Å². The Labute approximate surface area is 152 Å². The lowest BCUT2D eigenvalue weighted by atomic mass is 10.1. The van der Waals surface area contributed by atoms with E-state index in [-0.39, 0.29) is 11.9 Å². The molecule has 0 saturated carbocycles. The molecule has 0 aliphatic carbocycles. The number of H-pyrrole nitrogens is 1. The number of hydrogen-bond donors (Lipinski definition) is 2. The van der Waals surface area contributed by atoms with Gasteiger partial charge in [0.1, 0.15) is 5.69 Å². The van der Waals surface area contributed by atoms with Crippen LogP contribution >= 0.6 is 0 Å². The predicted octanol–water partition coefficient (Wildman–Crippen LogP) is 2.69. The van der Waals surface area contributed by atoms with Crippen molar-refractivity contribution in [2.24, 2.45) is 0 Å². The van der Waals surface area contributed by atoms with Gasteiger partial charge in [-0.3, -0.25) is 4.79 Å². The van der Waals surface area contributed by atoms with Gasteiger partial charge in [-0.1, -0.05) is 18.2 Å². The summed E-state index contributed by atoms with van der Waals surface area (Å²) in [5, 5.41) is 7.76. The van der Waals surface area contributed by atoms with E-state index >= 15 is 0 Å². The Bertz CT molecular complexity index is 877. The van der Waals surface area contributed by atoms with Gasteiger partial charge in [-0.25, -0.2) is 4.68 Å². The number of carbonyl (C=O) groups excluding carboxylic acids is 1. The molecule has 4 rings (SSSR count). The lowest BCUT2D eigenvalue weighted by molar-refractivity contribution is 0.0698. The number of carbonyl (C=O) groups is 1. The van der Waals surface area contributed by atoms with E-state index in [4.69, 9.17) is 0 Å². The molecule has 2 aromatic heterocycles. The fourth-order valence-corrected chi connectivity index (χ4v) is 3.51. The van der Waals surface area contributed by atoms with Crippen molar-refractivity contribution in [2.45, 2.75) is 19.4 Å². The predicted molar refractivity (Wildman–Crippen MR) is 101 cm³/mol. The number of aromatic amines is 1. The molecule has 2 N–H and O–H groups in total. The molecule has 0 radical (unpaired) electrons. The number of aromatic nitrogens is 3. The summed E-state index contributed by atoms with van der Waals surface area (Å²) in [6, 6.07) is 12.2. The van der Waals surface area contributed by atoms with Gasteiger partial charge < -0.3 is 15.2 Å². The lowest BCUT2D eigenvalue weighted by Crippen LogP contribution is -2.41. The Kier molecular flexibility index (Phi) is 4.58. The third kappa shape index (κ3) is 3.15. The van der Waals surface area contributed by atoms with Crippen molar-refractivity contribution in [1.82, 2.24) is 25.0 Å². The maximum Gasteiger partial charge on any atom is 0.270 e. The van der Waals surface area contributed by atoms with Gasteiger partial charge in [0.15, 0.2) is 0 Å². The first kappa shape index (κ1) is 16.6. The summed E-state index contributed by atoms with van der Waals surface area (Å²) in [5.41, 5.74) is 3.59. The SMILES string of the molecule is CCN(C(=O)c1cc(-c2cnn(-c3ccccc3)c2)c[nH]1)[C@@H]1CCNC1. The van der Waals surface area contributed by atoms with Crippen LogP contribution in [0.5, 0.6) is 0 Å². The fraction of sp³-hybridized carbons (Fsp3) is 0.300. The highest BCUT2D eigenvalue weighted by Crippen LogP contribution is 2.22. The molecule has 134 valence electrons. The molecule has 0 bridgehead atoms. The van der Waals surface area contributed by atoms with Crippen molar-refractivity contribution in [3.05, 3.63) is 60.7 Å². The van der Waals surface area contributed by atoms with Gasteiger partial charge in [0.25, 0.3) is 5.91 Å². The van der Waals surface area contributed by atoms with Gasteiger partial charge in [0.2, 0.25) is 0 Å². The van der Waals surface area contributed by atoms with E-state index in [2.05, 4.69) is 15.4 Å². The standard InChI is InChI=1S/C20H23N5O/c1-2-24(18-8-9-21-13-18)20(26)19-10-15(11-22-19)16-12-23-25(14-16)17-6-4-3-5-7-17/h3-7,10-12,14,18,21-22H,2,8-9,13H2,1H3/t18-/m1/s1. The number of hydrogen-bond acceptors (Lipinski definition) is 3. The van der Waals surface area contributed by atoms with Crippen molar-refractivity contribution in [2.75, 3.05) is 19.6 Å². The van der Waals surface area contributed by atoms with Crippen LogP contribution in [0.15, 0.2) is 55.0 Å². The second-order valence-electron chi connectivity index (χ2n) is 6.55. The molecular weight excluding hydrogens is 326 g/mol. The minimum atomic E-state index is 0.0582. The molecule has 6 nitrogen and oxygen atoms in total. The van der Waals surface area contributed by atoms with Crippen molar-refractivity contribution in [1.29, 1.82) is 0 Å². The zero-order valence-corrected chi connectivity index (χ0v) is 14.9. The van der Waals surface area contributed by atoms with Crippen LogP contribution in [0.1, 0.15) is 23.8 Å². The average molecular weight is 349 g/mol. The summed E-state index contributed by atoms with van der Waals surface area (Å²) in [4.78, 5) is 18.0. The smallest absolute Gasteiger partial charge is 0.270 e. The minimum Gasteiger partial charge on any atom is -0.357 e. The molecule has 1 aliphatic heterocycles. The molecule has 26 heavy (non-hydrogen) atoms. The van der Waals surface area contributed by atoms with Crippen LogP contribution in [-0.4, -0.2) is 51.2 Å². The molecular formula is C20H23N5O. The van der Waals surface area contributed by atoms with Gasteiger partial charge in [-0.2, -0.15) is 5.10 Å². The molecule has 1 atom stereocenters. The minimum absolute atomic E-state index is 0.0582. The zero-order chi connectivity index (χ0) is 17.9. The summed E-state index contributed by atoms with van der Waals surface area (Å²) in [7, 11) is 0. The summed E-state index contributed by atoms with van der Waals surface area (Å²) in [6.07, 6.45) is 6.69. The Morgan fingerprint density at radius 1 is 1.31 bits per heavy atom. The monoisotopic (exact) mass is 349 g/mol. The van der Waals surface area contributed by atoms with Gasteiger partial charge in [0, 0.05) is 42.7 Å². The highest BCUT2D eigenvalue weighted by atomic mass is 16.2. The number of nitrogens with zero attached hydrogens (tertiary/aromatic N) is 3. The summed E-state index contributed by atoms with van der Waals surface area (Å²) < 4.78 is 1.84. The highest BCUT2D eigenvalue weighted by Gasteiger charge is 2.26. The number of likely N-dealkylation sites (N-methyl/N-ethyl adjacent to an activating group) is 1. The van der Waals surface area contributed by atoms with Gasteiger partial charge in [-0.05, 0) is 38.1 Å². The van der Waals surface area contributed by atoms with E-state index in [0.29, 0.717) is 12.2 Å².